The van der Waals surface area contributed by atoms with E-state index < -0.39 is 46.1 Å². The van der Waals surface area contributed by atoms with Gasteiger partial charge in [-0.15, -0.1) is 0 Å². The zero-order valence-corrected chi connectivity index (χ0v) is 11.6. The third kappa shape index (κ3) is 3.70. The molecule has 5 nitrogen and oxygen atoms in total. The molecule has 0 atom stereocenters. The zero-order valence-electron chi connectivity index (χ0n) is 10.8. The Hall–Kier alpha value is -2.23. The van der Waals surface area contributed by atoms with Crippen LogP contribution in [0.5, 0.6) is 0 Å². The van der Waals surface area contributed by atoms with Crippen LogP contribution >= 0.6 is 11.6 Å². The van der Waals surface area contributed by atoms with Crippen molar-refractivity contribution >= 4 is 34.9 Å². The molecule has 0 fully saturated rings. The highest BCUT2D eigenvalue weighted by Crippen LogP contribution is 2.27. The van der Waals surface area contributed by atoms with E-state index in [-0.39, 0.29) is 4.90 Å². The molecule has 0 aromatic heterocycles. The molecule has 0 aliphatic carbocycles. The number of nitrogens with one attached hydrogen (secondary N) is 1. The zero-order chi connectivity index (χ0) is 17.2. The van der Waals surface area contributed by atoms with Gasteiger partial charge in [0.15, 0.2) is 5.82 Å². The van der Waals surface area contributed by atoms with Crippen molar-refractivity contribution < 1.29 is 26.7 Å². The second-order valence-corrected chi connectivity index (χ2v) is 4.28. The van der Waals surface area contributed by atoms with E-state index in [2.05, 4.69) is 4.99 Å². The number of aliphatic imine (C=N–C) groups is 1. The Morgan fingerprint density at radius 3 is 2.41 bits per heavy atom. The van der Waals surface area contributed by atoms with Gasteiger partial charge < -0.3 is 5.73 Å². The van der Waals surface area contributed by atoms with Gasteiger partial charge in [0, 0.05) is 7.05 Å². The summed E-state index contributed by atoms with van der Waals surface area (Å²) in [7, 11) is 0.810. The quantitative estimate of drug-likeness (QED) is 0.375. The molecule has 1 aromatic carbocycles. The summed E-state index contributed by atoms with van der Waals surface area (Å²) in [4.78, 5) is 14.9. The van der Waals surface area contributed by atoms with Crippen LogP contribution in [-0.4, -0.2) is 35.7 Å². The number of rotatable bonds is 2. The van der Waals surface area contributed by atoms with E-state index in [4.69, 9.17) is 22.7 Å². The number of carbonyl (C=O) groups excluding carboxylic acids is 1. The highest BCUT2D eigenvalue weighted by atomic mass is 35.5. The number of amides is 1. The second-order valence-electron chi connectivity index (χ2n) is 3.90. The molecule has 0 radical (unpaired) electrons. The van der Waals surface area contributed by atoms with Crippen LogP contribution < -0.4 is 5.73 Å². The van der Waals surface area contributed by atoms with Crippen molar-refractivity contribution in [2.75, 3.05) is 7.05 Å². The van der Waals surface area contributed by atoms with Gasteiger partial charge in [-0.1, -0.05) is 11.6 Å². The van der Waals surface area contributed by atoms with E-state index in [1.165, 1.54) is 0 Å². The molecular formula is C11H8ClF5N4O. The van der Waals surface area contributed by atoms with E-state index in [1.807, 2.05) is 0 Å². The van der Waals surface area contributed by atoms with Crippen molar-refractivity contribution in [1.82, 2.24) is 4.90 Å². The van der Waals surface area contributed by atoms with E-state index in [1.54, 1.807) is 0 Å². The molecule has 22 heavy (non-hydrogen) atoms. The number of benzene rings is 1. The summed E-state index contributed by atoms with van der Waals surface area (Å²) in [6.45, 7) is 0. The molecule has 3 N–H and O–H groups in total. The first-order valence-corrected chi connectivity index (χ1v) is 5.76. The number of nitrogens with two attached hydrogens (primary N) is 1. The number of halogens is 6. The smallest absolute Gasteiger partial charge is 0.369 e. The van der Waals surface area contributed by atoms with Crippen LogP contribution in [-0.2, 0) is 4.79 Å². The van der Waals surface area contributed by atoms with Gasteiger partial charge in [0.2, 0.25) is 11.7 Å². The Morgan fingerprint density at radius 1 is 1.36 bits per heavy atom. The average molecular weight is 343 g/mol. The van der Waals surface area contributed by atoms with Crippen LogP contribution in [0.2, 0.25) is 5.02 Å². The number of carbonyl (C=O) groups is 1. The monoisotopic (exact) mass is 342 g/mol. The fourth-order valence-corrected chi connectivity index (χ4v) is 1.35. The summed E-state index contributed by atoms with van der Waals surface area (Å²) in [6.07, 6.45) is -5.17. The molecule has 1 aromatic rings. The summed E-state index contributed by atoms with van der Waals surface area (Å²) in [5.74, 6) is -4.99. The lowest BCUT2D eigenvalue weighted by atomic mass is 10.3. The van der Waals surface area contributed by atoms with E-state index >= 15 is 0 Å². The number of hydrogen-bond donors (Lipinski definition) is 2. The van der Waals surface area contributed by atoms with Crippen molar-refractivity contribution in [2.45, 2.75) is 6.18 Å². The van der Waals surface area contributed by atoms with Crippen LogP contribution in [0.1, 0.15) is 0 Å². The van der Waals surface area contributed by atoms with Crippen molar-refractivity contribution in [3.8, 4) is 0 Å². The Labute approximate surface area is 125 Å². The standard InChI is InChI=1S/C11H8ClF5N4O/c1-21(9(22)8(18)11(15,16)17)10(19)20-5-3-2-4(13)6(12)7(5)14/h2-3,18H,1H3,(H2,19,20). The van der Waals surface area contributed by atoms with Gasteiger partial charge in [0.1, 0.15) is 16.5 Å². The van der Waals surface area contributed by atoms with Gasteiger partial charge in [-0.25, -0.2) is 13.8 Å². The van der Waals surface area contributed by atoms with Crippen molar-refractivity contribution in [3.05, 3.63) is 28.8 Å². The van der Waals surface area contributed by atoms with Crippen LogP contribution in [0.4, 0.5) is 27.6 Å². The number of nitrogens with zero attached hydrogens (tertiary/aromatic N) is 2. The molecule has 0 aliphatic rings. The van der Waals surface area contributed by atoms with Gasteiger partial charge in [0.05, 0.1) is 0 Å². The third-order valence-corrected chi connectivity index (χ3v) is 2.74. The molecule has 1 amide bonds. The Bertz CT molecular complexity index is 659. The highest BCUT2D eigenvalue weighted by Gasteiger charge is 2.41. The Kier molecular flexibility index (Phi) is 5.07. The highest BCUT2D eigenvalue weighted by molar-refractivity contribution is 6.41. The van der Waals surface area contributed by atoms with Crippen LogP contribution in [0.3, 0.4) is 0 Å². The summed E-state index contributed by atoms with van der Waals surface area (Å²) in [5, 5.41) is 5.80. The predicted molar refractivity (Wildman–Crippen MR) is 69.2 cm³/mol. The lowest BCUT2D eigenvalue weighted by Gasteiger charge is -2.17. The molecule has 120 valence electrons. The minimum Gasteiger partial charge on any atom is -0.369 e. The van der Waals surface area contributed by atoms with Gasteiger partial charge >= 0.3 is 6.18 Å². The lowest BCUT2D eigenvalue weighted by Crippen LogP contribution is -2.46. The second kappa shape index (κ2) is 6.26. The molecule has 0 bridgehead atoms. The summed E-state index contributed by atoms with van der Waals surface area (Å²) in [5.41, 5.74) is 2.52. The van der Waals surface area contributed by atoms with Gasteiger partial charge in [0.25, 0.3) is 5.91 Å². The lowest BCUT2D eigenvalue weighted by molar-refractivity contribution is -0.124. The normalized spacial score (nSPS) is 12.2. The predicted octanol–water partition coefficient (Wildman–Crippen LogP) is 2.60. The number of alkyl halides is 3. The first kappa shape index (κ1) is 17.8. The molecule has 0 heterocycles. The van der Waals surface area contributed by atoms with Crippen molar-refractivity contribution in [3.63, 3.8) is 0 Å². The first-order valence-electron chi connectivity index (χ1n) is 5.38. The van der Waals surface area contributed by atoms with E-state index in [0.717, 1.165) is 19.2 Å². The van der Waals surface area contributed by atoms with E-state index in [9.17, 15) is 26.7 Å². The molecule has 1 rings (SSSR count). The third-order valence-electron chi connectivity index (χ3n) is 2.40. The fourth-order valence-electron chi connectivity index (χ4n) is 1.19. The Morgan fingerprint density at radius 2 is 1.91 bits per heavy atom. The maximum Gasteiger partial charge on any atom is 0.438 e. The first-order chi connectivity index (χ1) is 9.96. The van der Waals surface area contributed by atoms with E-state index in [0.29, 0.717) is 0 Å². The van der Waals surface area contributed by atoms with Gasteiger partial charge in [-0.2, -0.15) is 13.2 Å². The number of guanidine groups is 1. The largest absolute Gasteiger partial charge is 0.438 e. The minimum absolute atomic E-state index is 0.201. The Balaban J connectivity index is 3.10. The molecule has 0 saturated carbocycles. The molecular weight excluding hydrogens is 335 g/mol. The van der Waals surface area contributed by atoms with Crippen molar-refractivity contribution in [2.24, 2.45) is 10.7 Å². The van der Waals surface area contributed by atoms with Crippen LogP contribution in [0, 0.1) is 17.0 Å². The molecule has 0 saturated heterocycles. The maximum absolute atomic E-state index is 13.6. The maximum atomic E-state index is 13.6. The SMILES string of the molecule is CN(C(=O)C(=N)C(F)(F)F)C(N)=Nc1ccc(F)c(Cl)c1F. The fraction of sp³-hybridized carbons (Fsp3) is 0.182. The molecule has 0 spiro atoms. The molecule has 0 unspecified atom stereocenters. The van der Waals surface area contributed by atoms with Crippen LogP contribution in [0.15, 0.2) is 17.1 Å². The minimum atomic E-state index is -5.17. The average Bonchev–Trinajstić information content (AvgIpc) is 2.44. The summed E-state index contributed by atoms with van der Waals surface area (Å²) < 4.78 is 63.2. The number of hydrogen-bond acceptors (Lipinski definition) is 3. The van der Waals surface area contributed by atoms with Gasteiger partial charge in [-0.3, -0.25) is 15.1 Å². The van der Waals surface area contributed by atoms with Gasteiger partial charge in [-0.05, 0) is 12.1 Å². The van der Waals surface area contributed by atoms with Crippen molar-refractivity contribution in [1.29, 1.82) is 5.41 Å². The summed E-state index contributed by atoms with van der Waals surface area (Å²) >= 11 is 5.30. The molecule has 0 aliphatic heterocycles. The molecule has 11 heteroatoms. The topological polar surface area (TPSA) is 82.5 Å². The van der Waals surface area contributed by atoms with Crippen LogP contribution in [0.25, 0.3) is 0 Å². The summed E-state index contributed by atoms with van der Waals surface area (Å²) in [6, 6.07) is 1.59.